The largest absolute Gasteiger partial charge is 0.469 e. The number of fused-ring (bicyclic) bond motifs is 1. The molecule has 0 radical (unpaired) electrons. The van der Waals surface area contributed by atoms with Gasteiger partial charge in [-0.3, -0.25) is 4.79 Å². The Bertz CT molecular complexity index is 1120. The van der Waals surface area contributed by atoms with E-state index in [1.807, 2.05) is 19.1 Å². The number of aryl methyl sites for hydroxylation is 2. The van der Waals surface area contributed by atoms with Crippen LogP contribution in [0, 0.1) is 26.2 Å². The molecular formula is C26H28N2O2S. The van der Waals surface area contributed by atoms with E-state index in [-0.39, 0.29) is 18.4 Å². The van der Waals surface area contributed by atoms with Gasteiger partial charge in [-0.05, 0) is 56.5 Å². The number of nitrogens with zero attached hydrogens (tertiary/aromatic N) is 1. The van der Waals surface area contributed by atoms with Gasteiger partial charge in [-0.15, -0.1) is 6.42 Å². The van der Waals surface area contributed by atoms with E-state index in [0.29, 0.717) is 6.54 Å². The predicted molar refractivity (Wildman–Crippen MR) is 132 cm³/mol. The van der Waals surface area contributed by atoms with Gasteiger partial charge in [0.1, 0.15) is 0 Å². The Kier molecular flexibility index (Phi) is 7.49. The number of hydrogen-bond acceptors (Lipinski definition) is 5. The summed E-state index contributed by atoms with van der Waals surface area (Å²) in [5.41, 5.74) is 4.54. The van der Waals surface area contributed by atoms with Gasteiger partial charge in [0.15, 0.2) is 0 Å². The zero-order valence-electron chi connectivity index (χ0n) is 18.4. The standard InChI is InChI=1S/C26H28N2O2S/c1-6-15-28(20(4)17-26(29)30-5)24-13-12-23(21-9-7-8-10-22(21)24)27-31-25-14-11-18(2)16-19(25)3/h1,7-14,16,20,27H,15,17H2,2-5H3/t20-/m0/s1. The summed E-state index contributed by atoms with van der Waals surface area (Å²) < 4.78 is 8.37. The summed E-state index contributed by atoms with van der Waals surface area (Å²) >= 11 is 1.61. The van der Waals surface area contributed by atoms with Gasteiger partial charge in [-0.2, -0.15) is 0 Å². The van der Waals surface area contributed by atoms with E-state index < -0.39 is 0 Å². The molecule has 5 heteroatoms. The molecule has 0 spiro atoms. The summed E-state index contributed by atoms with van der Waals surface area (Å²) in [6.45, 7) is 6.63. The van der Waals surface area contributed by atoms with E-state index in [1.165, 1.54) is 23.1 Å². The van der Waals surface area contributed by atoms with Crippen molar-refractivity contribution in [3.63, 3.8) is 0 Å². The third kappa shape index (κ3) is 5.34. The average Bonchev–Trinajstić information content (AvgIpc) is 2.76. The molecule has 31 heavy (non-hydrogen) atoms. The highest BCUT2D eigenvalue weighted by Crippen LogP contribution is 2.36. The fraction of sp³-hybridized carbons (Fsp3) is 0.269. The molecule has 3 aromatic rings. The highest BCUT2D eigenvalue weighted by atomic mass is 32.2. The number of ether oxygens (including phenoxy) is 1. The van der Waals surface area contributed by atoms with Crippen molar-refractivity contribution in [2.45, 2.75) is 38.1 Å². The first kappa shape index (κ1) is 22.6. The van der Waals surface area contributed by atoms with Gasteiger partial charge in [-0.1, -0.05) is 47.9 Å². The topological polar surface area (TPSA) is 41.6 Å². The monoisotopic (exact) mass is 432 g/mol. The first-order chi connectivity index (χ1) is 14.9. The highest BCUT2D eigenvalue weighted by molar-refractivity contribution is 8.00. The number of esters is 1. The molecule has 1 N–H and O–H groups in total. The third-order valence-electron chi connectivity index (χ3n) is 5.30. The number of rotatable bonds is 8. The predicted octanol–water partition coefficient (Wildman–Crippen LogP) is 5.97. The highest BCUT2D eigenvalue weighted by Gasteiger charge is 2.20. The molecule has 0 unspecified atom stereocenters. The lowest BCUT2D eigenvalue weighted by atomic mass is 10.0. The molecule has 0 saturated carbocycles. The maximum atomic E-state index is 11.8. The normalized spacial score (nSPS) is 11.6. The molecule has 0 heterocycles. The maximum Gasteiger partial charge on any atom is 0.307 e. The van der Waals surface area contributed by atoms with Crippen LogP contribution in [0.3, 0.4) is 0 Å². The summed E-state index contributed by atoms with van der Waals surface area (Å²) in [5, 5.41) is 2.19. The van der Waals surface area contributed by atoms with Gasteiger partial charge in [0.25, 0.3) is 0 Å². The molecule has 0 fully saturated rings. The number of methoxy groups -OCH3 is 1. The van der Waals surface area contributed by atoms with Gasteiger partial charge in [0.2, 0.25) is 0 Å². The Morgan fingerprint density at radius 3 is 2.58 bits per heavy atom. The maximum absolute atomic E-state index is 11.8. The van der Waals surface area contributed by atoms with Crippen LogP contribution in [0.2, 0.25) is 0 Å². The minimum absolute atomic E-state index is 0.0877. The second-order valence-electron chi connectivity index (χ2n) is 7.61. The van der Waals surface area contributed by atoms with Gasteiger partial charge in [0.05, 0.1) is 25.8 Å². The summed E-state index contributed by atoms with van der Waals surface area (Å²) in [4.78, 5) is 15.1. The third-order valence-corrected chi connectivity index (χ3v) is 6.30. The second kappa shape index (κ2) is 10.3. The van der Waals surface area contributed by atoms with Gasteiger partial charge >= 0.3 is 5.97 Å². The first-order valence-corrected chi connectivity index (χ1v) is 11.0. The molecule has 1 atom stereocenters. The molecule has 0 aliphatic heterocycles. The molecular weight excluding hydrogens is 404 g/mol. The number of nitrogens with one attached hydrogen (secondary N) is 1. The Balaban J connectivity index is 1.94. The molecule has 3 rings (SSSR count). The Labute approximate surface area is 189 Å². The van der Waals surface area contributed by atoms with Crippen LogP contribution in [0.25, 0.3) is 10.8 Å². The van der Waals surface area contributed by atoms with Crippen molar-refractivity contribution < 1.29 is 9.53 Å². The van der Waals surface area contributed by atoms with E-state index >= 15 is 0 Å². The van der Waals surface area contributed by atoms with Crippen LogP contribution in [0.4, 0.5) is 11.4 Å². The van der Waals surface area contributed by atoms with Crippen molar-refractivity contribution in [3.05, 3.63) is 65.7 Å². The van der Waals surface area contributed by atoms with Crippen LogP contribution in [0.15, 0.2) is 59.5 Å². The van der Waals surface area contributed by atoms with Crippen molar-refractivity contribution in [2.24, 2.45) is 0 Å². The van der Waals surface area contributed by atoms with E-state index in [1.54, 1.807) is 11.9 Å². The molecule has 0 aliphatic carbocycles. The lowest BCUT2D eigenvalue weighted by molar-refractivity contribution is -0.140. The molecule has 0 saturated heterocycles. The SMILES string of the molecule is C#CCN(c1ccc(NSc2ccc(C)cc2C)c2ccccc12)[C@@H](C)CC(=O)OC. The van der Waals surface area contributed by atoms with Crippen LogP contribution < -0.4 is 9.62 Å². The lowest BCUT2D eigenvalue weighted by Crippen LogP contribution is -2.35. The van der Waals surface area contributed by atoms with Crippen LogP contribution in [-0.2, 0) is 9.53 Å². The number of hydrogen-bond donors (Lipinski definition) is 1. The molecule has 0 bridgehead atoms. The Hall–Kier alpha value is -3.10. The smallest absolute Gasteiger partial charge is 0.307 e. The average molecular weight is 433 g/mol. The number of carbonyl (C=O) groups excluding carboxylic acids is 1. The summed E-state index contributed by atoms with van der Waals surface area (Å²) in [6.07, 6.45) is 5.93. The minimum atomic E-state index is -0.248. The number of anilines is 2. The van der Waals surface area contributed by atoms with E-state index in [4.69, 9.17) is 11.2 Å². The van der Waals surface area contributed by atoms with E-state index in [0.717, 1.165) is 22.1 Å². The van der Waals surface area contributed by atoms with Crippen LogP contribution in [0.5, 0.6) is 0 Å². The summed E-state index contributed by atoms with van der Waals surface area (Å²) in [5.74, 6) is 2.48. The van der Waals surface area contributed by atoms with Gasteiger partial charge in [-0.25, -0.2) is 0 Å². The number of carbonyl (C=O) groups is 1. The summed E-state index contributed by atoms with van der Waals surface area (Å²) in [7, 11) is 1.41. The molecule has 0 amide bonds. The van der Waals surface area contributed by atoms with E-state index in [2.05, 4.69) is 71.9 Å². The molecule has 0 aliphatic rings. The van der Waals surface area contributed by atoms with Gasteiger partial charge < -0.3 is 14.4 Å². The fourth-order valence-electron chi connectivity index (χ4n) is 3.66. The Morgan fingerprint density at radius 2 is 1.90 bits per heavy atom. The summed E-state index contributed by atoms with van der Waals surface area (Å²) in [6, 6.07) is 18.7. The fourth-order valence-corrected chi connectivity index (χ4v) is 4.41. The molecule has 3 aromatic carbocycles. The molecule has 160 valence electrons. The lowest BCUT2D eigenvalue weighted by Gasteiger charge is -2.30. The minimum Gasteiger partial charge on any atom is -0.469 e. The first-order valence-electron chi connectivity index (χ1n) is 10.2. The van der Waals surface area contributed by atoms with Gasteiger partial charge in [0, 0.05) is 27.4 Å². The van der Waals surface area contributed by atoms with Crippen molar-refractivity contribution >= 4 is 40.1 Å². The van der Waals surface area contributed by atoms with Crippen molar-refractivity contribution in [1.82, 2.24) is 0 Å². The van der Waals surface area contributed by atoms with Crippen molar-refractivity contribution in [1.29, 1.82) is 0 Å². The second-order valence-corrected chi connectivity index (χ2v) is 8.46. The number of terminal acetylenes is 1. The molecule has 4 nitrogen and oxygen atoms in total. The van der Waals surface area contributed by atoms with E-state index in [9.17, 15) is 4.79 Å². The van der Waals surface area contributed by atoms with Crippen molar-refractivity contribution in [2.75, 3.05) is 23.3 Å². The molecule has 0 aromatic heterocycles. The number of benzene rings is 3. The van der Waals surface area contributed by atoms with Crippen molar-refractivity contribution in [3.8, 4) is 12.3 Å². The Morgan fingerprint density at radius 1 is 1.16 bits per heavy atom. The quantitative estimate of drug-likeness (QED) is 0.270. The van der Waals surface area contributed by atoms with Crippen LogP contribution in [0.1, 0.15) is 24.5 Å². The zero-order valence-corrected chi connectivity index (χ0v) is 19.3. The zero-order chi connectivity index (χ0) is 22.4. The van der Waals surface area contributed by atoms with Crippen LogP contribution in [-0.4, -0.2) is 25.7 Å². The van der Waals surface area contributed by atoms with Crippen LogP contribution >= 0.6 is 11.9 Å².